The van der Waals surface area contributed by atoms with E-state index >= 15 is 0 Å². The summed E-state index contributed by atoms with van der Waals surface area (Å²) in [6.07, 6.45) is 1.28. The van der Waals surface area contributed by atoms with Crippen molar-refractivity contribution in [2.45, 2.75) is 18.9 Å². The Morgan fingerprint density at radius 3 is 2.61 bits per heavy atom. The van der Waals surface area contributed by atoms with Crippen molar-refractivity contribution in [2.75, 3.05) is 25.5 Å². The lowest BCUT2D eigenvalue weighted by Crippen LogP contribution is -2.40. The number of carbonyl (C=O) groups excluding carboxylic acids is 1. The lowest BCUT2D eigenvalue weighted by Gasteiger charge is -2.37. The highest BCUT2D eigenvalue weighted by Crippen LogP contribution is 2.36. The van der Waals surface area contributed by atoms with Crippen LogP contribution < -0.4 is 4.90 Å². The quantitative estimate of drug-likeness (QED) is 0.852. The van der Waals surface area contributed by atoms with Gasteiger partial charge in [0.15, 0.2) is 0 Å². The van der Waals surface area contributed by atoms with Gasteiger partial charge in [-0.25, -0.2) is 0 Å². The summed E-state index contributed by atoms with van der Waals surface area (Å²) < 4.78 is 0. The molecule has 2 aromatic carbocycles. The third kappa shape index (κ3) is 3.26. The van der Waals surface area contributed by atoms with Crippen molar-refractivity contribution in [3.8, 4) is 0 Å². The van der Waals surface area contributed by atoms with Crippen LogP contribution in [0.1, 0.15) is 23.6 Å². The maximum Gasteiger partial charge on any atom is 0.231 e. The Hall–Kier alpha value is -1.84. The van der Waals surface area contributed by atoms with Crippen molar-refractivity contribution < 1.29 is 4.79 Å². The van der Waals surface area contributed by atoms with E-state index in [-0.39, 0.29) is 5.91 Å². The number of rotatable bonds is 3. The first-order chi connectivity index (χ1) is 11.1. The van der Waals surface area contributed by atoms with E-state index in [0.29, 0.717) is 17.5 Å². The van der Waals surface area contributed by atoms with Gasteiger partial charge in [0, 0.05) is 23.3 Å². The number of hydrogen-bond acceptors (Lipinski definition) is 2. The van der Waals surface area contributed by atoms with Gasteiger partial charge in [0.2, 0.25) is 5.91 Å². The molecule has 1 aliphatic rings. The predicted octanol–water partition coefficient (Wildman–Crippen LogP) is 3.92. The zero-order chi connectivity index (χ0) is 16.4. The lowest BCUT2D eigenvalue weighted by atomic mass is 9.95. The van der Waals surface area contributed by atoms with Crippen molar-refractivity contribution in [1.29, 1.82) is 0 Å². The zero-order valence-corrected chi connectivity index (χ0v) is 14.3. The fourth-order valence-corrected chi connectivity index (χ4v) is 3.44. The normalized spacial score (nSPS) is 17.2. The number of para-hydroxylation sites is 1. The van der Waals surface area contributed by atoms with Crippen molar-refractivity contribution in [3.05, 3.63) is 64.7 Å². The minimum atomic E-state index is 0.0998. The molecule has 120 valence electrons. The topological polar surface area (TPSA) is 23.6 Å². The molecule has 1 atom stereocenters. The summed E-state index contributed by atoms with van der Waals surface area (Å²) in [6, 6.07) is 16.1. The Bertz CT molecular complexity index is 714. The zero-order valence-electron chi connectivity index (χ0n) is 13.5. The van der Waals surface area contributed by atoms with Gasteiger partial charge < -0.3 is 9.80 Å². The fraction of sp³-hybridized carbons (Fsp3) is 0.316. The van der Waals surface area contributed by atoms with E-state index in [1.165, 1.54) is 5.56 Å². The smallest absolute Gasteiger partial charge is 0.231 e. The number of hydrogen-bond donors (Lipinski definition) is 0. The molecule has 0 radical (unpaired) electrons. The third-order valence-electron chi connectivity index (χ3n) is 4.44. The fourth-order valence-electron chi connectivity index (χ4n) is 3.24. The van der Waals surface area contributed by atoms with Crippen LogP contribution in [0.4, 0.5) is 5.69 Å². The van der Waals surface area contributed by atoms with Gasteiger partial charge in [0.1, 0.15) is 0 Å². The van der Waals surface area contributed by atoms with Crippen LogP contribution in [0, 0.1) is 0 Å². The second-order valence-electron chi connectivity index (χ2n) is 6.14. The van der Waals surface area contributed by atoms with Gasteiger partial charge >= 0.3 is 0 Å². The Labute approximate surface area is 142 Å². The van der Waals surface area contributed by atoms with Gasteiger partial charge in [-0.2, -0.15) is 0 Å². The van der Waals surface area contributed by atoms with Crippen LogP contribution >= 0.6 is 11.6 Å². The van der Waals surface area contributed by atoms with Gasteiger partial charge in [-0.3, -0.25) is 4.79 Å². The second-order valence-corrected chi connectivity index (χ2v) is 6.55. The average molecular weight is 329 g/mol. The van der Waals surface area contributed by atoms with Crippen LogP contribution in [-0.2, 0) is 11.2 Å². The van der Waals surface area contributed by atoms with Gasteiger partial charge in [0.05, 0.1) is 6.42 Å². The summed E-state index contributed by atoms with van der Waals surface area (Å²) in [6.45, 7) is 0.739. The Kier molecular flexibility index (Phi) is 4.69. The number of benzene rings is 2. The van der Waals surface area contributed by atoms with E-state index in [1.807, 2.05) is 47.4 Å². The predicted molar refractivity (Wildman–Crippen MR) is 95.0 cm³/mol. The van der Waals surface area contributed by atoms with Crippen LogP contribution in [0.3, 0.4) is 0 Å². The summed E-state index contributed by atoms with van der Waals surface area (Å²) in [5, 5.41) is 0.650. The second kappa shape index (κ2) is 6.73. The minimum absolute atomic E-state index is 0.0998. The molecule has 3 nitrogen and oxygen atoms in total. The Morgan fingerprint density at radius 2 is 1.87 bits per heavy atom. The molecule has 0 aromatic heterocycles. The van der Waals surface area contributed by atoms with Crippen molar-refractivity contribution in [1.82, 2.24) is 4.90 Å². The number of nitrogens with zero attached hydrogens (tertiary/aromatic N) is 2. The molecule has 1 amide bonds. The molecule has 3 rings (SSSR count). The molecule has 1 unspecified atom stereocenters. The van der Waals surface area contributed by atoms with E-state index in [1.54, 1.807) is 0 Å². The molecule has 0 N–H and O–H groups in total. The lowest BCUT2D eigenvalue weighted by molar-refractivity contribution is -0.118. The maximum absolute atomic E-state index is 12.8. The van der Waals surface area contributed by atoms with Crippen LogP contribution in [-0.4, -0.2) is 31.4 Å². The average Bonchev–Trinajstić information content (AvgIpc) is 2.55. The largest absolute Gasteiger partial charge is 0.312 e. The van der Waals surface area contributed by atoms with Crippen LogP contribution in [0.25, 0.3) is 0 Å². The van der Waals surface area contributed by atoms with E-state index < -0.39 is 0 Å². The molecule has 0 spiro atoms. The molecule has 2 aromatic rings. The Balaban J connectivity index is 1.87. The molecule has 23 heavy (non-hydrogen) atoms. The van der Waals surface area contributed by atoms with Crippen LogP contribution in [0.15, 0.2) is 48.5 Å². The van der Waals surface area contributed by atoms with E-state index in [0.717, 1.165) is 24.2 Å². The van der Waals surface area contributed by atoms with Crippen molar-refractivity contribution in [2.24, 2.45) is 0 Å². The number of halogens is 1. The van der Waals surface area contributed by atoms with Crippen LogP contribution in [0.5, 0.6) is 0 Å². The number of anilines is 1. The highest BCUT2D eigenvalue weighted by Gasteiger charge is 2.29. The molecular weight excluding hydrogens is 308 g/mol. The highest BCUT2D eigenvalue weighted by molar-refractivity contribution is 6.31. The SMILES string of the molecule is CN(C)C1CCN(C(=O)Cc2ccccc2Cl)c2ccccc21. The molecule has 1 heterocycles. The standard InChI is InChI=1S/C19H21ClN2O/c1-21(2)17-11-12-22(18-10-6-4-8-15(17)18)19(23)13-14-7-3-5-9-16(14)20/h3-10,17H,11-13H2,1-2H3. The number of carbonyl (C=O) groups is 1. The molecule has 0 saturated heterocycles. The summed E-state index contributed by atoms with van der Waals surface area (Å²) in [5.74, 6) is 0.0998. The maximum atomic E-state index is 12.8. The van der Waals surface area contributed by atoms with Crippen LogP contribution in [0.2, 0.25) is 5.02 Å². The van der Waals surface area contributed by atoms with Gasteiger partial charge in [-0.1, -0.05) is 48.0 Å². The summed E-state index contributed by atoms with van der Waals surface area (Å²) in [5.41, 5.74) is 3.12. The summed E-state index contributed by atoms with van der Waals surface area (Å²) in [4.78, 5) is 16.9. The van der Waals surface area contributed by atoms with Crippen molar-refractivity contribution in [3.63, 3.8) is 0 Å². The first kappa shape index (κ1) is 16.0. The third-order valence-corrected chi connectivity index (χ3v) is 4.81. The van der Waals surface area contributed by atoms with Gasteiger partial charge in [-0.05, 0) is 43.8 Å². The summed E-state index contributed by atoms with van der Waals surface area (Å²) in [7, 11) is 4.17. The molecule has 0 saturated carbocycles. The minimum Gasteiger partial charge on any atom is -0.312 e. The number of fused-ring (bicyclic) bond motifs is 1. The Morgan fingerprint density at radius 1 is 1.17 bits per heavy atom. The highest BCUT2D eigenvalue weighted by atomic mass is 35.5. The molecular formula is C19H21ClN2O. The molecule has 0 bridgehead atoms. The van der Waals surface area contributed by atoms with E-state index in [4.69, 9.17) is 11.6 Å². The first-order valence-corrected chi connectivity index (χ1v) is 8.25. The van der Waals surface area contributed by atoms with Crippen molar-refractivity contribution >= 4 is 23.2 Å². The summed E-state index contributed by atoms with van der Waals surface area (Å²) >= 11 is 6.19. The molecule has 0 aliphatic carbocycles. The van der Waals surface area contributed by atoms with E-state index in [9.17, 15) is 4.79 Å². The monoisotopic (exact) mass is 328 g/mol. The molecule has 0 fully saturated rings. The van der Waals surface area contributed by atoms with E-state index in [2.05, 4.69) is 25.1 Å². The molecule has 1 aliphatic heterocycles. The number of amides is 1. The van der Waals surface area contributed by atoms with Gasteiger partial charge in [0.25, 0.3) is 0 Å². The first-order valence-electron chi connectivity index (χ1n) is 7.87. The molecule has 4 heteroatoms. The van der Waals surface area contributed by atoms with Gasteiger partial charge in [-0.15, -0.1) is 0 Å².